The summed E-state index contributed by atoms with van der Waals surface area (Å²) in [5.41, 5.74) is 2.72. The summed E-state index contributed by atoms with van der Waals surface area (Å²) in [5.74, 6) is 2.57. The Kier molecular flexibility index (Phi) is 5.72. The summed E-state index contributed by atoms with van der Waals surface area (Å²) in [5, 5.41) is 0. The average Bonchev–Trinajstić information content (AvgIpc) is 3.17. The van der Waals surface area contributed by atoms with Crippen LogP contribution >= 0.6 is 0 Å². The molecule has 3 rings (SSSR count). The molecule has 0 unspecified atom stereocenters. The van der Waals surface area contributed by atoms with Crippen LogP contribution in [0.3, 0.4) is 0 Å². The van der Waals surface area contributed by atoms with Crippen LogP contribution in [-0.2, 0) is 16.4 Å². The standard InChI is InChI=1S/C20H26N2O4S/c1-5-9-22(17-8-10-27(23,24)13-17)12-18-15(3)26-20(21-18)16-6-7-19(25-4)14(2)11-16/h5-7,11,17H,1,8-10,12-13H2,2-4H3/t17-/m0/s1. The van der Waals surface area contributed by atoms with E-state index in [1.54, 1.807) is 13.2 Å². The van der Waals surface area contributed by atoms with Crippen molar-refractivity contribution in [3.05, 3.63) is 47.9 Å². The number of nitrogens with zero attached hydrogens (tertiary/aromatic N) is 2. The molecule has 1 aliphatic heterocycles. The van der Waals surface area contributed by atoms with Crippen LogP contribution in [0.2, 0.25) is 0 Å². The smallest absolute Gasteiger partial charge is 0.226 e. The molecule has 0 bridgehead atoms. The summed E-state index contributed by atoms with van der Waals surface area (Å²) >= 11 is 0. The second kappa shape index (κ2) is 7.86. The molecule has 2 aromatic rings. The maximum Gasteiger partial charge on any atom is 0.226 e. The van der Waals surface area contributed by atoms with Crippen molar-refractivity contribution in [2.75, 3.05) is 25.2 Å². The van der Waals surface area contributed by atoms with E-state index in [4.69, 9.17) is 9.15 Å². The van der Waals surface area contributed by atoms with E-state index in [1.807, 2.05) is 32.0 Å². The predicted molar refractivity (Wildman–Crippen MR) is 106 cm³/mol. The lowest BCUT2D eigenvalue weighted by Gasteiger charge is -2.25. The molecule has 1 fully saturated rings. The largest absolute Gasteiger partial charge is 0.496 e. The molecular weight excluding hydrogens is 364 g/mol. The van der Waals surface area contributed by atoms with Gasteiger partial charge in [-0.25, -0.2) is 13.4 Å². The Morgan fingerprint density at radius 3 is 2.78 bits per heavy atom. The highest BCUT2D eigenvalue weighted by atomic mass is 32.2. The van der Waals surface area contributed by atoms with Crippen molar-refractivity contribution in [2.24, 2.45) is 0 Å². The fourth-order valence-corrected chi connectivity index (χ4v) is 5.24. The van der Waals surface area contributed by atoms with Crippen molar-refractivity contribution in [1.82, 2.24) is 9.88 Å². The summed E-state index contributed by atoms with van der Waals surface area (Å²) in [7, 11) is -1.30. The molecule has 0 spiro atoms. The van der Waals surface area contributed by atoms with Crippen LogP contribution in [0.4, 0.5) is 0 Å². The molecule has 2 heterocycles. The Labute approximate surface area is 160 Å². The third-order valence-electron chi connectivity index (χ3n) is 4.98. The molecule has 0 radical (unpaired) electrons. The van der Waals surface area contributed by atoms with Crippen LogP contribution in [0.15, 0.2) is 35.3 Å². The molecule has 1 aromatic heterocycles. The predicted octanol–water partition coefficient (Wildman–Crippen LogP) is 3.14. The van der Waals surface area contributed by atoms with Crippen LogP contribution in [0.25, 0.3) is 11.5 Å². The van der Waals surface area contributed by atoms with Crippen LogP contribution < -0.4 is 4.74 Å². The van der Waals surface area contributed by atoms with Crippen LogP contribution in [0, 0.1) is 13.8 Å². The van der Waals surface area contributed by atoms with Gasteiger partial charge in [0, 0.05) is 24.7 Å². The number of benzene rings is 1. The molecule has 27 heavy (non-hydrogen) atoms. The Hall–Kier alpha value is -2.12. The van der Waals surface area contributed by atoms with E-state index >= 15 is 0 Å². The summed E-state index contributed by atoms with van der Waals surface area (Å²) in [4.78, 5) is 6.79. The first-order chi connectivity index (χ1) is 12.8. The molecule has 1 saturated heterocycles. The summed E-state index contributed by atoms with van der Waals surface area (Å²) < 4.78 is 34.9. The zero-order valence-electron chi connectivity index (χ0n) is 16.1. The Balaban J connectivity index is 1.82. The third kappa shape index (κ3) is 4.42. The molecular formula is C20H26N2O4S. The van der Waals surface area contributed by atoms with Crippen LogP contribution in [0.5, 0.6) is 5.75 Å². The van der Waals surface area contributed by atoms with Gasteiger partial charge in [-0.1, -0.05) is 6.08 Å². The molecule has 6 nitrogen and oxygen atoms in total. The minimum Gasteiger partial charge on any atom is -0.496 e. The van der Waals surface area contributed by atoms with Gasteiger partial charge in [-0.05, 0) is 44.0 Å². The topological polar surface area (TPSA) is 72.6 Å². The first-order valence-corrected chi connectivity index (χ1v) is 10.8. The summed E-state index contributed by atoms with van der Waals surface area (Å²) in [6.07, 6.45) is 2.45. The molecule has 0 N–H and O–H groups in total. The second-order valence-electron chi connectivity index (χ2n) is 6.98. The van der Waals surface area contributed by atoms with Gasteiger partial charge in [0.1, 0.15) is 11.5 Å². The third-order valence-corrected chi connectivity index (χ3v) is 6.73. The Bertz CT molecular complexity index is 933. The molecule has 1 atom stereocenters. The van der Waals surface area contributed by atoms with Gasteiger partial charge in [-0.3, -0.25) is 4.90 Å². The SMILES string of the molecule is C=CCN(Cc1nc(-c2ccc(OC)c(C)c2)oc1C)[C@H]1CCS(=O)(=O)C1. The van der Waals surface area contributed by atoms with Crippen molar-refractivity contribution in [1.29, 1.82) is 0 Å². The number of methoxy groups -OCH3 is 1. The fourth-order valence-electron chi connectivity index (χ4n) is 3.47. The van der Waals surface area contributed by atoms with E-state index in [9.17, 15) is 8.42 Å². The number of hydrogen-bond donors (Lipinski definition) is 0. The van der Waals surface area contributed by atoms with Crippen molar-refractivity contribution in [2.45, 2.75) is 32.9 Å². The van der Waals surface area contributed by atoms with Gasteiger partial charge in [0.15, 0.2) is 9.84 Å². The van der Waals surface area contributed by atoms with Gasteiger partial charge in [0.25, 0.3) is 0 Å². The van der Waals surface area contributed by atoms with E-state index in [-0.39, 0.29) is 17.5 Å². The molecule has 1 aliphatic rings. The van der Waals surface area contributed by atoms with Crippen molar-refractivity contribution in [3.8, 4) is 17.2 Å². The quantitative estimate of drug-likeness (QED) is 0.676. The normalized spacial score (nSPS) is 18.7. The van der Waals surface area contributed by atoms with Crippen molar-refractivity contribution < 1.29 is 17.6 Å². The maximum absolute atomic E-state index is 11.8. The summed E-state index contributed by atoms with van der Waals surface area (Å²) in [6, 6.07) is 5.80. The first kappa shape index (κ1) is 19.6. The van der Waals surface area contributed by atoms with Gasteiger partial charge in [-0.15, -0.1) is 6.58 Å². The minimum atomic E-state index is -2.94. The highest BCUT2D eigenvalue weighted by Crippen LogP contribution is 2.28. The van der Waals surface area contributed by atoms with E-state index in [1.165, 1.54) is 0 Å². The monoisotopic (exact) mass is 390 g/mol. The Morgan fingerprint density at radius 1 is 1.41 bits per heavy atom. The molecule has 1 aromatic carbocycles. The second-order valence-corrected chi connectivity index (χ2v) is 9.21. The zero-order chi connectivity index (χ0) is 19.6. The van der Waals surface area contributed by atoms with Crippen LogP contribution in [-0.4, -0.2) is 49.5 Å². The van der Waals surface area contributed by atoms with Gasteiger partial charge in [0.05, 0.1) is 24.3 Å². The van der Waals surface area contributed by atoms with Crippen LogP contribution in [0.1, 0.15) is 23.4 Å². The maximum atomic E-state index is 11.8. The lowest BCUT2D eigenvalue weighted by Crippen LogP contribution is -2.36. The number of ether oxygens (including phenoxy) is 1. The van der Waals surface area contributed by atoms with Gasteiger partial charge >= 0.3 is 0 Å². The fraction of sp³-hybridized carbons (Fsp3) is 0.450. The molecule has 0 saturated carbocycles. The van der Waals surface area contributed by atoms with E-state index in [0.29, 0.717) is 25.4 Å². The lowest BCUT2D eigenvalue weighted by atomic mass is 10.1. The Morgan fingerprint density at radius 2 is 2.19 bits per heavy atom. The number of rotatable bonds is 7. The van der Waals surface area contributed by atoms with E-state index in [2.05, 4.69) is 16.5 Å². The lowest BCUT2D eigenvalue weighted by molar-refractivity contribution is 0.223. The van der Waals surface area contributed by atoms with Gasteiger partial charge in [0.2, 0.25) is 5.89 Å². The number of oxazole rings is 1. The highest BCUT2D eigenvalue weighted by Gasteiger charge is 2.32. The number of hydrogen-bond acceptors (Lipinski definition) is 6. The molecule has 146 valence electrons. The zero-order valence-corrected chi connectivity index (χ0v) is 16.9. The van der Waals surface area contributed by atoms with Crippen molar-refractivity contribution in [3.63, 3.8) is 0 Å². The number of sulfone groups is 1. The molecule has 0 amide bonds. The van der Waals surface area contributed by atoms with Gasteiger partial charge in [-0.2, -0.15) is 0 Å². The molecule has 0 aliphatic carbocycles. The van der Waals surface area contributed by atoms with Crippen molar-refractivity contribution >= 4 is 9.84 Å². The van der Waals surface area contributed by atoms with E-state index in [0.717, 1.165) is 28.3 Å². The average molecular weight is 391 g/mol. The number of aryl methyl sites for hydroxylation is 2. The number of aromatic nitrogens is 1. The highest BCUT2D eigenvalue weighted by molar-refractivity contribution is 7.91. The van der Waals surface area contributed by atoms with Gasteiger partial charge < -0.3 is 9.15 Å². The minimum absolute atomic E-state index is 0.00391. The summed E-state index contributed by atoms with van der Waals surface area (Å²) in [6.45, 7) is 8.82. The van der Waals surface area contributed by atoms with E-state index < -0.39 is 9.84 Å². The first-order valence-electron chi connectivity index (χ1n) is 8.99. The molecule has 7 heteroatoms.